The van der Waals surface area contributed by atoms with E-state index in [2.05, 4.69) is 10.2 Å². The Morgan fingerprint density at radius 1 is 1.00 bits per heavy atom. The molecular weight excluding hydrogens is 433 g/mol. The van der Waals surface area contributed by atoms with Crippen LogP contribution in [-0.2, 0) is 9.59 Å². The quantitative estimate of drug-likeness (QED) is 0.680. The van der Waals surface area contributed by atoms with Crippen LogP contribution in [0.25, 0.3) is 0 Å². The summed E-state index contributed by atoms with van der Waals surface area (Å²) in [7, 11) is 0. The van der Waals surface area contributed by atoms with Gasteiger partial charge in [0.2, 0.25) is 11.8 Å². The molecule has 2 saturated carbocycles. The van der Waals surface area contributed by atoms with Gasteiger partial charge in [0.05, 0.1) is 17.2 Å². The number of carbonyl (C=O) groups is 2. The number of carbonyl (C=O) groups excluding carboxylic acids is 2. The molecule has 5 rings (SSSR count). The third kappa shape index (κ3) is 4.68. The molecule has 0 aromatic heterocycles. The van der Waals surface area contributed by atoms with Gasteiger partial charge in [-0.15, -0.1) is 0 Å². The van der Waals surface area contributed by atoms with E-state index in [1.165, 1.54) is 12.5 Å². The van der Waals surface area contributed by atoms with Crippen molar-refractivity contribution in [2.45, 2.75) is 89.2 Å². The van der Waals surface area contributed by atoms with Crippen molar-refractivity contribution < 1.29 is 19.1 Å². The first-order valence-electron chi connectivity index (χ1n) is 13.3. The molecule has 0 unspecified atom stereocenters. The Bertz CT molecular complexity index is 910. The Balaban J connectivity index is 1.24. The third-order valence-electron chi connectivity index (χ3n) is 8.76. The topological polar surface area (TPSA) is 72.9 Å². The van der Waals surface area contributed by atoms with Crippen LogP contribution in [0, 0.1) is 17.2 Å². The standard InChI is InChI=1S/C27H38FN3O3/c28-23-17-20(29-25(33)19-5-2-1-3-6-19)7-12-24(23)30-15-4-13-27(18-30)14-16-31(26(27)34)21-8-10-22(32)11-9-21/h7,12,17,19,21-22,32H,1-6,8-11,13-16,18H2,(H,29,33)/t21?,22?,27-/m1/s1. The molecule has 1 atom stereocenters. The number of benzene rings is 1. The van der Waals surface area contributed by atoms with Crippen LogP contribution in [0.1, 0.15) is 77.0 Å². The van der Waals surface area contributed by atoms with Crippen molar-refractivity contribution in [3.05, 3.63) is 24.0 Å². The lowest BCUT2D eigenvalue weighted by Gasteiger charge is -2.41. The van der Waals surface area contributed by atoms with Gasteiger partial charge in [0.15, 0.2) is 0 Å². The molecule has 7 heteroatoms. The minimum Gasteiger partial charge on any atom is -0.393 e. The van der Waals surface area contributed by atoms with E-state index in [0.29, 0.717) is 17.9 Å². The van der Waals surface area contributed by atoms with Gasteiger partial charge in [0.1, 0.15) is 5.82 Å². The first kappa shape index (κ1) is 23.6. The number of piperidine rings is 1. The van der Waals surface area contributed by atoms with Crippen LogP contribution in [0.5, 0.6) is 0 Å². The minimum absolute atomic E-state index is 0.00403. The highest BCUT2D eigenvalue weighted by Crippen LogP contribution is 2.44. The molecule has 1 aromatic rings. The minimum atomic E-state index is -0.436. The number of nitrogens with one attached hydrogen (secondary N) is 1. The molecule has 34 heavy (non-hydrogen) atoms. The van der Waals surface area contributed by atoms with Crippen LogP contribution in [0.2, 0.25) is 0 Å². The summed E-state index contributed by atoms with van der Waals surface area (Å²) in [4.78, 5) is 30.2. The molecule has 1 aromatic carbocycles. The molecule has 2 aliphatic carbocycles. The summed E-state index contributed by atoms with van der Waals surface area (Å²) in [5, 5.41) is 12.7. The summed E-state index contributed by atoms with van der Waals surface area (Å²) < 4.78 is 15.2. The van der Waals surface area contributed by atoms with E-state index in [4.69, 9.17) is 0 Å². The molecule has 4 aliphatic rings. The van der Waals surface area contributed by atoms with E-state index in [9.17, 15) is 14.7 Å². The average Bonchev–Trinajstić information content (AvgIpc) is 3.15. The van der Waals surface area contributed by atoms with Gasteiger partial charge in [0.25, 0.3) is 0 Å². The van der Waals surface area contributed by atoms with Crippen molar-refractivity contribution in [3.8, 4) is 0 Å². The second kappa shape index (κ2) is 9.84. The van der Waals surface area contributed by atoms with Crippen molar-refractivity contribution in [1.82, 2.24) is 4.90 Å². The van der Waals surface area contributed by atoms with Gasteiger partial charge in [-0.2, -0.15) is 0 Å². The van der Waals surface area contributed by atoms with Crippen LogP contribution in [-0.4, -0.2) is 53.6 Å². The van der Waals surface area contributed by atoms with Crippen molar-refractivity contribution in [1.29, 1.82) is 0 Å². The number of hydrogen-bond donors (Lipinski definition) is 2. The zero-order valence-corrected chi connectivity index (χ0v) is 20.1. The molecule has 2 saturated heterocycles. The summed E-state index contributed by atoms with van der Waals surface area (Å²) in [6, 6.07) is 5.20. The van der Waals surface area contributed by atoms with Gasteiger partial charge < -0.3 is 20.2 Å². The maximum absolute atomic E-state index is 15.2. The van der Waals surface area contributed by atoms with Gasteiger partial charge in [-0.25, -0.2) is 4.39 Å². The Labute approximate surface area is 201 Å². The number of rotatable bonds is 4. The summed E-state index contributed by atoms with van der Waals surface area (Å²) in [5.74, 6) is -0.102. The van der Waals surface area contributed by atoms with E-state index >= 15 is 4.39 Å². The van der Waals surface area contributed by atoms with Gasteiger partial charge in [-0.1, -0.05) is 19.3 Å². The molecule has 6 nitrogen and oxygen atoms in total. The Hall–Kier alpha value is -2.15. The zero-order valence-electron chi connectivity index (χ0n) is 20.1. The number of likely N-dealkylation sites (tertiary alicyclic amines) is 1. The second-order valence-corrected chi connectivity index (χ2v) is 11.0. The van der Waals surface area contributed by atoms with Crippen molar-refractivity contribution in [2.75, 3.05) is 29.9 Å². The Kier molecular flexibility index (Phi) is 6.83. The van der Waals surface area contributed by atoms with Crippen molar-refractivity contribution in [3.63, 3.8) is 0 Å². The number of hydrogen-bond acceptors (Lipinski definition) is 4. The summed E-state index contributed by atoms with van der Waals surface area (Å²) >= 11 is 0. The van der Waals surface area contributed by atoms with E-state index in [0.717, 1.165) is 83.7 Å². The first-order chi connectivity index (χ1) is 16.4. The fraction of sp³-hybridized carbons (Fsp3) is 0.704. The second-order valence-electron chi connectivity index (χ2n) is 11.0. The molecule has 4 fully saturated rings. The van der Waals surface area contributed by atoms with E-state index in [1.54, 1.807) is 12.1 Å². The van der Waals surface area contributed by atoms with E-state index in [1.807, 2.05) is 4.90 Å². The highest BCUT2D eigenvalue weighted by atomic mass is 19.1. The Morgan fingerprint density at radius 3 is 2.50 bits per heavy atom. The fourth-order valence-electron chi connectivity index (χ4n) is 6.73. The van der Waals surface area contributed by atoms with Crippen LogP contribution in [0.4, 0.5) is 15.8 Å². The molecule has 2 amide bonds. The summed E-state index contributed by atoms with van der Waals surface area (Å²) in [6.07, 6.45) is 10.8. The largest absolute Gasteiger partial charge is 0.393 e. The number of aliphatic hydroxyl groups is 1. The molecule has 186 valence electrons. The average molecular weight is 472 g/mol. The predicted molar refractivity (Wildman–Crippen MR) is 130 cm³/mol. The lowest BCUT2D eigenvalue weighted by Crippen LogP contribution is -2.50. The smallest absolute Gasteiger partial charge is 0.230 e. The molecule has 0 bridgehead atoms. The molecule has 2 N–H and O–H groups in total. The van der Waals surface area contributed by atoms with Crippen molar-refractivity contribution in [2.24, 2.45) is 11.3 Å². The number of amides is 2. The maximum Gasteiger partial charge on any atom is 0.230 e. The third-order valence-corrected chi connectivity index (χ3v) is 8.76. The monoisotopic (exact) mass is 471 g/mol. The number of nitrogens with zero attached hydrogens (tertiary/aromatic N) is 2. The van der Waals surface area contributed by atoms with Gasteiger partial charge in [-0.05, 0) is 76.0 Å². The lowest BCUT2D eigenvalue weighted by molar-refractivity contribution is -0.139. The Morgan fingerprint density at radius 2 is 1.76 bits per heavy atom. The molecule has 1 spiro atoms. The lowest BCUT2D eigenvalue weighted by atomic mass is 9.78. The van der Waals surface area contributed by atoms with E-state index in [-0.39, 0.29) is 35.7 Å². The van der Waals surface area contributed by atoms with Crippen LogP contribution < -0.4 is 10.2 Å². The fourth-order valence-corrected chi connectivity index (χ4v) is 6.73. The maximum atomic E-state index is 15.2. The predicted octanol–water partition coefficient (Wildman–Crippen LogP) is 4.47. The van der Waals surface area contributed by atoms with Gasteiger partial charge in [-0.3, -0.25) is 9.59 Å². The highest BCUT2D eigenvalue weighted by Gasteiger charge is 2.50. The molecule has 0 radical (unpaired) electrons. The number of halogens is 1. The van der Waals surface area contributed by atoms with Gasteiger partial charge in [0, 0.05) is 37.3 Å². The highest BCUT2D eigenvalue weighted by molar-refractivity contribution is 5.92. The molecular formula is C27H38FN3O3. The van der Waals surface area contributed by atoms with Crippen LogP contribution in [0.15, 0.2) is 18.2 Å². The number of anilines is 2. The summed E-state index contributed by atoms with van der Waals surface area (Å²) in [6.45, 7) is 2.04. The summed E-state index contributed by atoms with van der Waals surface area (Å²) in [5.41, 5.74) is 0.585. The van der Waals surface area contributed by atoms with E-state index < -0.39 is 5.41 Å². The SMILES string of the molecule is O=C(Nc1ccc(N2CCC[C@@]3(CCN(C4CCC(O)CC4)C3=O)C2)c(F)c1)C1CCCCC1. The first-order valence-corrected chi connectivity index (χ1v) is 13.3. The van der Waals surface area contributed by atoms with Crippen molar-refractivity contribution >= 4 is 23.2 Å². The normalized spacial score (nSPS) is 30.7. The van der Waals surface area contributed by atoms with Crippen LogP contribution in [0.3, 0.4) is 0 Å². The van der Waals surface area contributed by atoms with Gasteiger partial charge >= 0.3 is 0 Å². The molecule has 2 heterocycles. The van der Waals surface area contributed by atoms with Crippen LogP contribution >= 0.6 is 0 Å². The number of aliphatic hydroxyl groups excluding tert-OH is 1. The molecule has 2 aliphatic heterocycles. The zero-order chi connectivity index (χ0) is 23.7.